The molecule has 1 unspecified atom stereocenters. The highest BCUT2D eigenvalue weighted by Crippen LogP contribution is 2.47. The molecule has 0 saturated heterocycles. The lowest BCUT2D eigenvalue weighted by molar-refractivity contribution is -0.165. The van der Waals surface area contributed by atoms with Gasteiger partial charge in [-0.25, -0.2) is 13.6 Å². The molecule has 236 valence electrons. The first-order valence-electron chi connectivity index (χ1n) is 15.3. The van der Waals surface area contributed by atoms with E-state index >= 15 is 0 Å². The Morgan fingerprint density at radius 3 is 2.14 bits per heavy atom. The fourth-order valence-corrected chi connectivity index (χ4v) is 5.47. The molecule has 0 aliphatic heterocycles. The van der Waals surface area contributed by atoms with Gasteiger partial charge in [0.2, 0.25) is 5.92 Å². The lowest BCUT2D eigenvalue weighted by atomic mass is 9.61. The topological polar surface area (TPSA) is 65.7 Å². The third-order valence-corrected chi connectivity index (χ3v) is 8.26. The Balaban J connectivity index is 1.49. The Kier molecular flexibility index (Phi) is 10.8. The number of carbonyl (C=O) groups is 1. The monoisotopic (exact) mass is 598 g/mol. The first-order valence-corrected chi connectivity index (χ1v) is 15.3. The van der Waals surface area contributed by atoms with E-state index in [1.165, 1.54) is 0 Å². The molecule has 0 spiro atoms. The minimum absolute atomic E-state index is 0.0330. The summed E-state index contributed by atoms with van der Waals surface area (Å²) in [6, 6.07) is 14.7. The molecule has 0 radical (unpaired) electrons. The number of hydrogen-bond acceptors (Lipinski definition) is 5. The number of aryl methyl sites for hydroxylation is 1. The summed E-state index contributed by atoms with van der Waals surface area (Å²) in [4.78, 5) is 25.8. The van der Waals surface area contributed by atoms with E-state index in [1.54, 1.807) is 18.2 Å². The Labute approximate surface area is 255 Å². The molecule has 0 saturated carbocycles. The summed E-state index contributed by atoms with van der Waals surface area (Å²) >= 11 is 0. The highest BCUT2D eigenvalue weighted by Gasteiger charge is 2.47. The Bertz CT molecular complexity index is 1440. The van der Waals surface area contributed by atoms with Crippen molar-refractivity contribution in [2.24, 2.45) is 16.2 Å². The normalized spacial score (nSPS) is 14.0. The number of benzene rings is 2. The van der Waals surface area contributed by atoms with E-state index in [4.69, 9.17) is 13.9 Å². The molecular formula is C36H48F2O5. The second-order valence-corrected chi connectivity index (χ2v) is 14.0. The Morgan fingerprint density at radius 1 is 0.860 bits per heavy atom. The highest BCUT2D eigenvalue weighted by molar-refractivity contribution is 5.83. The van der Waals surface area contributed by atoms with E-state index in [-0.39, 0.29) is 55.7 Å². The van der Waals surface area contributed by atoms with Crippen molar-refractivity contribution >= 4 is 16.9 Å². The van der Waals surface area contributed by atoms with Crippen LogP contribution in [0.3, 0.4) is 0 Å². The van der Waals surface area contributed by atoms with Gasteiger partial charge < -0.3 is 13.9 Å². The van der Waals surface area contributed by atoms with Crippen LogP contribution in [0.4, 0.5) is 8.78 Å². The van der Waals surface area contributed by atoms with Crippen molar-refractivity contribution in [3.8, 4) is 16.9 Å². The average molecular weight is 599 g/mol. The van der Waals surface area contributed by atoms with Crippen molar-refractivity contribution in [2.75, 3.05) is 13.2 Å². The quantitative estimate of drug-likeness (QED) is 0.111. The number of halogens is 2. The van der Waals surface area contributed by atoms with Gasteiger partial charge in [0.15, 0.2) is 0 Å². The number of hydrogen-bond donors (Lipinski definition) is 0. The van der Waals surface area contributed by atoms with E-state index in [9.17, 15) is 18.4 Å². The van der Waals surface area contributed by atoms with Gasteiger partial charge in [-0.3, -0.25) is 4.79 Å². The van der Waals surface area contributed by atoms with Crippen LogP contribution in [-0.2, 0) is 16.0 Å². The van der Waals surface area contributed by atoms with Crippen molar-refractivity contribution in [3.63, 3.8) is 0 Å². The standard InChI is InChI=1S/C36H48F2O5/c1-9-25-14-10-11-15-28(25)29-22-26-16-17-27(23-30(26)43-31(29)39)41-20-12-18-36(37,38)19-13-21-42-32(40)35(8,34(5,6)7)24-33(2,3)4/h10-11,14-17,22-23H,9,12-13,18-21,24H2,1-8H3. The largest absolute Gasteiger partial charge is 0.493 e. The van der Waals surface area contributed by atoms with Crippen LogP contribution in [0.2, 0.25) is 0 Å². The molecule has 5 nitrogen and oxygen atoms in total. The molecule has 0 aliphatic rings. The second kappa shape index (κ2) is 13.6. The van der Waals surface area contributed by atoms with Crippen LogP contribution < -0.4 is 10.4 Å². The van der Waals surface area contributed by atoms with Crippen molar-refractivity contribution in [3.05, 3.63) is 64.5 Å². The predicted octanol–water partition coefficient (Wildman–Crippen LogP) is 9.63. The van der Waals surface area contributed by atoms with Gasteiger partial charge in [0.05, 0.1) is 24.2 Å². The average Bonchev–Trinajstić information content (AvgIpc) is 2.91. The summed E-state index contributed by atoms with van der Waals surface area (Å²) in [6.45, 7) is 16.3. The zero-order valence-corrected chi connectivity index (χ0v) is 27.1. The van der Waals surface area contributed by atoms with Crippen molar-refractivity contribution in [2.45, 2.75) is 99.8 Å². The fraction of sp³-hybridized carbons (Fsp3) is 0.556. The fourth-order valence-electron chi connectivity index (χ4n) is 5.47. The molecule has 3 rings (SSSR count). The van der Waals surface area contributed by atoms with Crippen LogP contribution >= 0.6 is 0 Å². The van der Waals surface area contributed by atoms with Gasteiger partial charge in [0, 0.05) is 24.3 Å². The number of carbonyl (C=O) groups excluding carboxylic acids is 1. The first kappa shape index (κ1) is 34.3. The zero-order valence-electron chi connectivity index (χ0n) is 27.1. The SMILES string of the molecule is CCc1ccccc1-c1cc2ccc(OCCCC(F)(F)CCCOC(=O)C(C)(CC(C)(C)C)C(C)(C)C)cc2oc1=O. The molecule has 1 heterocycles. The van der Waals surface area contributed by atoms with Crippen LogP contribution in [0.25, 0.3) is 22.1 Å². The van der Waals surface area contributed by atoms with Gasteiger partial charge in [-0.15, -0.1) is 0 Å². The van der Waals surface area contributed by atoms with Crippen molar-refractivity contribution in [1.29, 1.82) is 0 Å². The predicted molar refractivity (Wildman–Crippen MR) is 169 cm³/mol. The smallest absolute Gasteiger partial charge is 0.344 e. The summed E-state index contributed by atoms with van der Waals surface area (Å²) in [5.41, 5.74) is 1.22. The van der Waals surface area contributed by atoms with Gasteiger partial charge in [0.25, 0.3) is 0 Å². The molecule has 0 bridgehead atoms. The number of ether oxygens (including phenoxy) is 2. The summed E-state index contributed by atoms with van der Waals surface area (Å²) in [5, 5.41) is 0.751. The van der Waals surface area contributed by atoms with Gasteiger partial charge in [-0.2, -0.15) is 0 Å². The Morgan fingerprint density at radius 2 is 1.51 bits per heavy atom. The minimum atomic E-state index is -2.89. The van der Waals surface area contributed by atoms with Gasteiger partial charge in [-0.05, 0) is 72.8 Å². The van der Waals surface area contributed by atoms with E-state index in [0.29, 0.717) is 23.3 Å². The maximum Gasteiger partial charge on any atom is 0.344 e. The molecule has 0 amide bonds. The van der Waals surface area contributed by atoms with E-state index in [0.717, 1.165) is 22.9 Å². The summed E-state index contributed by atoms with van der Waals surface area (Å²) < 4.78 is 45.9. The molecule has 3 aromatic rings. The Hall–Kier alpha value is -3.22. The second-order valence-electron chi connectivity index (χ2n) is 14.0. The van der Waals surface area contributed by atoms with Crippen LogP contribution in [0, 0.1) is 16.2 Å². The number of fused-ring (bicyclic) bond motifs is 1. The maximum atomic E-state index is 14.6. The van der Waals surface area contributed by atoms with Crippen LogP contribution in [0.5, 0.6) is 5.75 Å². The molecule has 0 N–H and O–H groups in total. The number of rotatable bonds is 13. The lowest BCUT2D eigenvalue weighted by Gasteiger charge is -2.43. The molecule has 0 fully saturated rings. The van der Waals surface area contributed by atoms with Crippen LogP contribution in [-0.4, -0.2) is 25.1 Å². The number of alkyl halides is 2. The lowest BCUT2D eigenvalue weighted by Crippen LogP contribution is -2.44. The first-order chi connectivity index (χ1) is 20.0. The summed E-state index contributed by atoms with van der Waals surface area (Å²) in [5.74, 6) is -2.78. The van der Waals surface area contributed by atoms with Gasteiger partial charge in [0.1, 0.15) is 11.3 Å². The summed E-state index contributed by atoms with van der Waals surface area (Å²) in [7, 11) is 0. The molecular weight excluding hydrogens is 550 g/mol. The van der Waals surface area contributed by atoms with Crippen LogP contribution in [0.1, 0.15) is 93.1 Å². The zero-order chi connectivity index (χ0) is 32.1. The third-order valence-electron chi connectivity index (χ3n) is 8.26. The molecule has 1 aromatic heterocycles. The molecule has 7 heteroatoms. The summed E-state index contributed by atoms with van der Waals surface area (Å²) in [6.07, 6.45) is 0.959. The minimum Gasteiger partial charge on any atom is -0.493 e. The van der Waals surface area contributed by atoms with E-state index in [2.05, 4.69) is 20.8 Å². The molecule has 43 heavy (non-hydrogen) atoms. The van der Waals surface area contributed by atoms with Gasteiger partial charge >= 0.3 is 11.6 Å². The third kappa shape index (κ3) is 9.14. The maximum absolute atomic E-state index is 14.6. The van der Waals surface area contributed by atoms with Crippen molar-refractivity contribution in [1.82, 2.24) is 0 Å². The van der Waals surface area contributed by atoms with Gasteiger partial charge in [-0.1, -0.05) is 72.7 Å². The van der Waals surface area contributed by atoms with Crippen LogP contribution in [0.15, 0.2) is 57.7 Å². The molecule has 0 aliphatic carbocycles. The molecule has 1 atom stereocenters. The van der Waals surface area contributed by atoms with E-state index < -0.39 is 17.0 Å². The highest BCUT2D eigenvalue weighted by atomic mass is 19.3. The van der Waals surface area contributed by atoms with E-state index in [1.807, 2.05) is 65.0 Å². The number of esters is 1. The van der Waals surface area contributed by atoms with Crippen molar-refractivity contribution < 1.29 is 27.5 Å². The molecule has 2 aromatic carbocycles.